The molecule has 0 amide bonds. The fourth-order valence-electron chi connectivity index (χ4n) is 2.20. The SMILES string of the molecule is Cc1ccc(CN(C)c2ccnc3ccncc23)s1. The van der Waals surface area contributed by atoms with Gasteiger partial charge in [-0.2, -0.15) is 0 Å². The van der Waals surface area contributed by atoms with Gasteiger partial charge < -0.3 is 4.90 Å². The molecule has 3 rings (SSSR count). The van der Waals surface area contributed by atoms with Crippen molar-refractivity contribution in [2.75, 3.05) is 11.9 Å². The summed E-state index contributed by atoms with van der Waals surface area (Å²) in [5.74, 6) is 0. The maximum atomic E-state index is 4.37. The monoisotopic (exact) mass is 269 g/mol. The summed E-state index contributed by atoms with van der Waals surface area (Å²) >= 11 is 1.84. The topological polar surface area (TPSA) is 29.0 Å². The molecule has 3 heterocycles. The van der Waals surface area contributed by atoms with Gasteiger partial charge in [-0.25, -0.2) is 0 Å². The number of pyridine rings is 2. The molecule has 3 nitrogen and oxygen atoms in total. The molecule has 0 saturated carbocycles. The lowest BCUT2D eigenvalue weighted by molar-refractivity contribution is 0.944. The largest absolute Gasteiger partial charge is 0.369 e. The third-order valence-corrected chi connectivity index (χ3v) is 4.11. The Kier molecular flexibility index (Phi) is 3.17. The van der Waals surface area contributed by atoms with E-state index in [1.54, 1.807) is 6.20 Å². The van der Waals surface area contributed by atoms with Gasteiger partial charge in [-0.3, -0.25) is 9.97 Å². The van der Waals surface area contributed by atoms with E-state index < -0.39 is 0 Å². The quantitative estimate of drug-likeness (QED) is 0.727. The normalized spacial score (nSPS) is 10.8. The van der Waals surface area contributed by atoms with E-state index in [2.05, 4.69) is 41.0 Å². The van der Waals surface area contributed by atoms with Crippen molar-refractivity contribution in [1.82, 2.24) is 9.97 Å². The maximum absolute atomic E-state index is 4.37. The van der Waals surface area contributed by atoms with Crippen LogP contribution in [-0.4, -0.2) is 17.0 Å². The fourth-order valence-corrected chi connectivity index (χ4v) is 3.14. The van der Waals surface area contributed by atoms with Gasteiger partial charge in [0.15, 0.2) is 0 Å². The minimum absolute atomic E-state index is 0.909. The predicted octanol–water partition coefficient (Wildman–Crippen LogP) is 3.64. The van der Waals surface area contributed by atoms with Crippen LogP contribution >= 0.6 is 11.3 Å². The number of hydrogen-bond acceptors (Lipinski definition) is 4. The van der Waals surface area contributed by atoms with Crippen LogP contribution in [0.15, 0.2) is 42.9 Å². The Morgan fingerprint density at radius 3 is 2.84 bits per heavy atom. The molecule has 3 aromatic heterocycles. The average molecular weight is 269 g/mol. The molecule has 0 saturated heterocycles. The number of anilines is 1. The Bertz CT molecular complexity index is 700. The number of nitrogens with zero attached hydrogens (tertiary/aromatic N) is 3. The molecule has 4 heteroatoms. The van der Waals surface area contributed by atoms with Crippen LogP contribution in [0.2, 0.25) is 0 Å². The number of fused-ring (bicyclic) bond motifs is 1. The Hall–Kier alpha value is -1.94. The van der Waals surface area contributed by atoms with Crippen LogP contribution in [0.4, 0.5) is 5.69 Å². The Balaban J connectivity index is 1.95. The molecule has 0 aliphatic carbocycles. The summed E-state index contributed by atoms with van der Waals surface area (Å²) in [7, 11) is 2.11. The second-order valence-electron chi connectivity index (χ2n) is 4.59. The number of thiophene rings is 1. The van der Waals surface area contributed by atoms with Crippen molar-refractivity contribution in [3.63, 3.8) is 0 Å². The predicted molar refractivity (Wildman–Crippen MR) is 80.7 cm³/mol. The number of aryl methyl sites for hydroxylation is 1. The summed E-state index contributed by atoms with van der Waals surface area (Å²) in [5.41, 5.74) is 2.16. The summed E-state index contributed by atoms with van der Waals surface area (Å²) in [6.07, 6.45) is 5.52. The summed E-state index contributed by atoms with van der Waals surface area (Å²) in [6.45, 7) is 3.05. The zero-order chi connectivity index (χ0) is 13.2. The van der Waals surface area contributed by atoms with Gasteiger partial charge in [0, 0.05) is 46.5 Å². The maximum Gasteiger partial charge on any atom is 0.0753 e. The molecular weight excluding hydrogens is 254 g/mol. The van der Waals surface area contributed by atoms with E-state index in [1.807, 2.05) is 35.9 Å². The van der Waals surface area contributed by atoms with E-state index in [1.165, 1.54) is 15.4 Å². The highest BCUT2D eigenvalue weighted by molar-refractivity contribution is 7.11. The molecule has 0 aromatic carbocycles. The molecule has 0 unspecified atom stereocenters. The fraction of sp³-hybridized carbons (Fsp3) is 0.200. The molecule has 0 atom stereocenters. The molecular formula is C15H15N3S. The van der Waals surface area contributed by atoms with Crippen LogP contribution in [0, 0.1) is 6.92 Å². The van der Waals surface area contributed by atoms with Crippen molar-refractivity contribution < 1.29 is 0 Å². The molecule has 3 aromatic rings. The molecule has 96 valence electrons. The van der Waals surface area contributed by atoms with E-state index in [-0.39, 0.29) is 0 Å². The van der Waals surface area contributed by atoms with Gasteiger partial charge in [-0.15, -0.1) is 11.3 Å². The molecule has 0 bridgehead atoms. The first kappa shape index (κ1) is 12.1. The van der Waals surface area contributed by atoms with Gasteiger partial charge in [0.25, 0.3) is 0 Å². The van der Waals surface area contributed by atoms with E-state index in [0.29, 0.717) is 0 Å². The van der Waals surface area contributed by atoms with Crippen LogP contribution in [0.3, 0.4) is 0 Å². The van der Waals surface area contributed by atoms with Gasteiger partial charge in [0.1, 0.15) is 0 Å². The first-order valence-corrected chi connectivity index (χ1v) is 7.01. The average Bonchev–Trinajstić information content (AvgIpc) is 2.83. The minimum Gasteiger partial charge on any atom is -0.369 e. The molecule has 0 radical (unpaired) electrons. The van der Waals surface area contributed by atoms with Crippen LogP contribution in [-0.2, 0) is 6.54 Å². The number of aromatic nitrogens is 2. The minimum atomic E-state index is 0.909. The van der Waals surface area contributed by atoms with Crippen molar-refractivity contribution in [2.45, 2.75) is 13.5 Å². The first-order valence-electron chi connectivity index (χ1n) is 6.19. The van der Waals surface area contributed by atoms with Crippen LogP contribution in [0.25, 0.3) is 10.9 Å². The third kappa shape index (κ3) is 2.44. The van der Waals surface area contributed by atoms with Gasteiger partial charge in [-0.1, -0.05) is 0 Å². The zero-order valence-corrected chi connectivity index (χ0v) is 11.8. The van der Waals surface area contributed by atoms with Crippen molar-refractivity contribution in [3.8, 4) is 0 Å². The number of rotatable bonds is 3. The lowest BCUT2D eigenvalue weighted by atomic mass is 10.2. The van der Waals surface area contributed by atoms with E-state index >= 15 is 0 Å². The highest BCUT2D eigenvalue weighted by atomic mass is 32.1. The smallest absolute Gasteiger partial charge is 0.0753 e. The Morgan fingerprint density at radius 2 is 2.05 bits per heavy atom. The third-order valence-electron chi connectivity index (χ3n) is 3.12. The molecule has 19 heavy (non-hydrogen) atoms. The van der Waals surface area contributed by atoms with Crippen molar-refractivity contribution in [1.29, 1.82) is 0 Å². The van der Waals surface area contributed by atoms with Gasteiger partial charge in [0.2, 0.25) is 0 Å². The Labute approximate surface area is 116 Å². The van der Waals surface area contributed by atoms with Crippen LogP contribution in [0.5, 0.6) is 0 Å². The molecule has 0 aliphatic rings. The molecule has 0 aliphatic heterocycles. The molecule has 0 fully saturated rings. The van der Waals surface area contributed by atoms with Gasteiger partial charge in [-0.05, 0) is 31.2 Å². The van der Waals surface area contributed by atoms with Gasteiger partial charge in [0.05, 0.1) is 12.1 Å². The number of hydrogen-bond donors (Lipinski definition) is 0. The van der Waals surface area contributed by atoms with Crippen molar-refractivity contribution >= 4 is 27.9 Å². The second kappa shape index (κ2) is 4.97. The van der Waals surface area contributed by atoms with Crippen LogP contribution in [0.1, 0.15) is 9.75 Å². The summed E-state index contributed by atoms with van der Waals surface area (Å²) in [4.78, 5) is 13.5. The molecule has 0 spiro atoms. The summed E-state index contributed by atoms with van der Waals surface area (Å²) in [5, 5.41) is 1.10. The first-order chi connectivity index (χ1) is 9.24. The standard InChI is InChI=1S/C15H15N3S/c1-11-3-4-12(19-11)10-18(2)15-6-8-17-14-5-7-16-9-13(14)15/h3-9H,10H2,1-2H3. The lowest BCUT2D eigenvalue weighted by Gasteiger charge is -2.19. The van der Waals surface area contributed by atoms with Gasteiger partial charge >= 0.3 is 0 Å². The second-order valence-corrected chi connectivity index (χ2v) is 5.96. The van der Waals surface area contributed by atoms with Crippen LogP contribution < -0.4 is 4.90 Å². The molecule has 0 N–H and O–H groups in total. The summed E-state index contributed by atoms with van der Waals surface area (Å²) < 4.78 is 0. The van der Waals surface area contributed by atoms with E-state index in [4.69, 9.17) is 0 Å². The Morgan fingerprint density at radius 1 is 1.16 bits per heavy atom. The van der Waals surface area contributed by atoms with Crippen molar-refractivity contribution in [3.05, 3.63) is 52.6 Å². The van der Waals surface area contributed by atoms with E-state index in [9.17, 15) is 0 Å². The highest BCUT2D eigenvalue weighted by Gasteiger charge is 2.08. The van der Waals surface area contributed by atoms with E-state index in [0.717, 1.165) is 17.4 Å². The lowest BCUT2D eigenvalue weighted by Crippen LogP contribution is -2.16. The highest BCUT2D eigenvalue weighted by Crippen LogP contribution is 2.26. The van der Waals surface area contributed by atoms with Crippen molar-refractivity contribution in [2.24, 2.45) is 0 Å². The summed E-state index contributed by atoms with van der Waals surface area (Å²) in [6, 6.07) is 8.35. The zero-order valence-electron chi connectivity index (χ0n) is 11.0.